The summed E-state index contributed by atoms with van der Waals surface area (Å²) in [6.45, 7) is 1.96. The van der Waals surface area contributed by atoms with Crippen LogP contribution in [0.5, 0.6) is 0 Å². The summed E-state index contributed by atoms with van der Waals surface area (Å²) >= 11 is 5.64. The molecule has 18 heavy (non-hydrogen) atoms. The van der Waals surface area contributed by atoms with E-state index in [1.807, 2.05) is 0 Å². The van der Waals surface area contributed by atoms with Gasteiger partial charge in [0.05, 0.1) is 13.0 Å². The zero-order valence-corrected chi connectivity index (χ0v) is 10.6. The average molecular weight is 274 g/mol. The summed E-state index contributed by atoms with van der Waals surface area (Å²) in [4.78, 5) is 22.5. The van der Waals surface area contributed by atoms with E-state index in [2.05, 4.69) is 10.1 Å². The molecule has 0 atom stereocenters. The van der Waals surface area contributed by atoms with Crippen molar-refractivity contribution >= 4 is 29.2 Å². The largest absolute Gasteiger partial charge is 0.466 e. The number of hydrogen-bond donors (Lipinski definition) is 1. The molecule has 6 heteroatoms. The van der Waals surface area contributed by atoms with Gasteiger partial charge < -0.3 is 10.1 Å². The molecular formula is C12H13ClFNO3. The molecule has 0 aromatic heterocycles. The fraction of sp³-hybridized carbons (Fsp3) is 0.333. The molecule has 0 aliphatic heterocycles. The van der Waals surface area contributed by atoms with Gasteiger partial charge in [0.25, 0.3) is 0 Å². The lowest BCUT2D eigenvalue weighted by Crippen LogP contribution is -2.14. The van der Waals surface area contributed by atoms with E-state index < -0.39 is 17.7 Å². The maximum atomic E-state index is 13.0. The monoisotopic (exact) mass is 273 g/mol. The fourth-order valence-electron chi connectivity index (χ4n) is 1.30. The van der Waals surface area contributed by atoms with Gasteiger partial charge in [0, 0.05) is 17.1 Å². The predicted octanol–water partition coefficient (Wildman–Crippen LogP) is 2.76. The van der Waals surface area contributed by atoms with Gasteiger partial charge in [0.15, 0.2) is 0 Å². The van der Waals surface area contributed by atoms with Gasteiger partial charge >= 0.3 is 5.97 Å². The normalized spacial score (nSPS) is 9.94. The number of rotatable bonds is 5. The summed E-state index contributed by atoms with van der Waals surface area (Å²) in [6, 6.07) is 3.71. The van der Waals surface area contributed by atoms with Gasteiger partial charge in [0.2, 0.25) is 5.91 Å². The first-order chi connectivity index (χ1) is 8.51. The SMILES string of the molecule is CCOC(=O)CCC(=O)Nc1cc(F)cc(Cl)c1. The van der Waals surface area contributed by atoms with E-state index in [1.165, 1.54) is 6.07 Å². The molecule has 0 heterocycles. The Morgan fingerprint density at radius 1 is 1.33 bits per heavy atom. The Morgan fingerprint density at radius 2 is 2.06 bits per heavy atom. The first-order valence-electron chi connectivity index (χ1n) is 5.43. The molecule has 0 unspecified atom stereocenters. The van der Waals surface area contributed by atoms with Crippen molar-refractivity contribution in [2.45, 2.75) is 19.8 Å². The molecule has 1 aromatic carbocycles. The number of anilines is 1. The first kappa shape index (κ1) is 14.4. The van der Waals surface area contributed by atoms with Crippen LogP contribution >= 0.6 is 11.6 Å². The molecule has 0 radical (unpaired) electrons. The molecule has 98 valence electrons. The molecule has 0 aliphatic rings. The Bertz CT molecular complexity index is 431. The minimum absolute atomic E-state index is 0.0112. The summed E-state index contributed by atoms with van der Waals surface area (Å²) in [5.74, 6) is -1.38. The molecular weight excluding hydrogens is 261 g/mol. The highest BCUT2D eigenvalue weighted by Crippen LogP contribution is 2.18. The Hall–Kier alpha value is -1.62. The van der Waals surface area contributed by atoms with E-state index >= 15 is 0 Å². The van der Waals surface area contributed by atoms with Crippen molar-refractivity contribution in [1.29, 1.82) is 0 Å². The Labute approximate surface area is 109 Å². The van der Waals surface area contributed by atoms with Crippen molar-refractivity contribution in [3.8, 4) is 0 Å². The van der Waals surface area contributed by atoms with Crippen LogP contribution in [-0.4, -0.2) is 18.5 Å². The maximum absolute atomic E-state index is 13.0. The number of ether oxygens (including phenoxy) is 1. The van der Waals surface area contributed by atoms with Gasteiger partial charge in [0.1, 0.15) is 5.82 Å². The number of benzene rings is 1. The Balaban J connectivity index is 2.47. The summed E-state index contributed by atoms with van der Waals surface area (Å²) < 4.78 is 17.7. The van der Waals surface area contributed by atoms with Crippen LogP contribution in [0.3, 0.4) is 0 Å². The van der Waals surface area contributed by atoms with Crippen molar-refractivity contribution in [1.82, 2.24) is 0 Å². The van der Waals surface area contributed by atoms with Crippen molar-refractivity contribution in [3.05, 3.63) is 29.0 Å². The van der Waals surface area contributed by atoms with Crippen molar-refractivity contribution in [2.24, 2.45) is 0 Å². The highest BCUT2D eigenvalue weighted by Gasteiger charge is 2.08. The average Bonchev–Trinajstić information content (AvgIpc) is 2.25. The van der Waals surface area contributed by atoms with Crippen molar-refractivity contribution in [2.75, 3.05) is 11.9 Å². The Morgan fingerprint density at radius 3 is 2.67 bits per heavy atom. The predicted molar refractivity (Wildman–Crippen MR) is 65.9 cm³/mol. The van der Waals surface area contributed by atoms with Gasteiger partial charge in [-0.1, -0.05) is 11.6 Å². The van der Waals surface area contributed by atoms with E-state index in [4.69, 9.17) is 11.6 Å². The van der Waals surface area contributed by atoms with E-state index in [0.717, 1.165) is 12.1 Å². The van der Waals surface area contributed by atoms with Crippen LogP contribution in [0.15, 0.2) is 18.2 Å². The minimum atomic E-state index is -0.539. The molecule has 4 nitrogen and oxygen atoms in total. The summed E-state index contributed by atoms with van der Waals surface area (Å²) in [6.07, 6.45) is -0.0321. The summed E-state index contributed by atoms with van der Waals surface area (Å²) in [7, 11) is 0. The molecule has 1 amide bonds. The van der Waals surface area contributed by atoms with E-state index in [9.17, 15) is 14.0 Å². The zero-order chi connectivity index (χ0) is 13.5. The van der Waals surface area contributed by atoms with Crippen LogP contribution in [0.2, 0.25) is 5.02 Å². The van der Waals surface area contributed by atoms with Gasteiger partial charge in [-0.3, -0.25) is 9.59 Å². The number of hydrogen-bond acceptors (Lipinski definition) is 3. The standard InChI is InChI=1S/C12H13ClFNO3/c1-2-18-12(17)4-3-11(16)15-10-6-8(13)5-9(14)7-10/h5-7H,2-4H2,1H3,(H,15,16). The van der Waals surface area contributed by atoms with Crippen LogP contribution in [0.1, 0.15) is 19.8 Å². The van der Waals surface area contributed by atoms with Crippen molar-refractivity contribution < 1.29 is 18.7 Å². The molecule has 0 bridgehead atoms. The molecule has 0 saturated heterocycles. The second-order valence-electron chi connectivity index (χ2n) is 3.51. The maximum Gasteiger partial charge on any atom is 0.306 e. The number of carbonyl (C=O) groups excluding carboxylic acids is 2. The molecule has 1 aromatic rings. The van der Waals surface area contributed by atoms with Crippen LogP contribution in [-0.2, 0) is 14.3 Å². The molecule has 1 N–H and O–H groups in total. The number of halogens is 2. The molecule has 1 rings (SSSR count). The van der Waals surface area contributed by atoms with Gasteiger partial charge in [-0.2, -0.15) is 0 Å². The van der Waals surface area contributed by atoms with Gasteiger partial charge in [-0.05, 0) is 25.1 Å². The molecule has 0 saturated carbocycles. The highest BCUT2D eigenvalue weighted by molar-refractivity contribution is 6.30. The van der Waals surface area contributed by atoms with Crippen LogP contribution in [0.25, 0.3) is 0 Å². The number of nitrogens with one attached hydrogen (secondary N) is 1. The van der Waals surface area contributed by atoms with E-state index in [0.29, 0.717) is 0 Å². The zero-order valence-electron chi connectivity index (χ0n) is 9.83. The van der Waals surface area contributed by atoms with Crippen LogP contribution < -0.4 is 5.32 Å². The lowest BCUT2D eigenvalue weighted by molar-refractivity contribution is -0.144. The minimum Gasteiger partial charge on any atom is -0.466 e. The van der Waals surface area contributed by atoms with E-state index in [-0.39, 0.29) is 30.2 Å². The lowest BCUT2D eigenvalue weighted by atomic mass is 10.2. The molecule has 0 spiro atoms. The summed E-state index contributed by atoms with van der Waals surface area (Å²) in [5, 5.41) is 2.64. The van der Waals surface area contributed by atoms with Crippen LogP contribution in [0, 0.1) is 5.82 Å². The molecule has 0 aliphatic carbocycles. The third kappa shape index (κ3) is 5.14. The van der Waals surface area contributed by atoms with Crippen LogP contribution in [0.4, 0.5) is 10.1 Å². The third-order valence-corrected chi connectivity index (χ3v) is 2.23. The lowest BCUT2D eigenvalue weighted by Gasteiger charge is -2.06. The number of esters is 1. The van der Waals surface area contributed by atoms with Crippen molar-refractivity contribution in [3.63, 3.8) is 0 Å². The number of carbonyl (C=O) groups is 2. The van der Waals surface area contributed by atoms with E-state index in [1.54, 1.807) is 6.92 Å². The summed E-state index contributed by atoms with van der Waals surface area (Å²) in [5.41, 5.74) is 0.258. The third-order valence-electron chi connectivity index (χ3n) is 2.01. The van der Waals surface area contributed by atoms with Gasteiger partial charge in [-0.15, -0.1) is 0 Å². The molecule has 0 fully saturated rings. The quantitative estimate of drug-likeness (QED) is 0.839. The smallest absolute Gasteiger partial charge is 0.306 e. The number of amides is 1. The Kier molecular flexibility index (Phi) is 5.58. The first-order valence-corrected chi connectivity index (χ1v) is 5.80. The fourth-order valence-corrected chi connectivity index (χ4v) is 1.52. The second-order valence-corrected chi connectivity index (χ2v) is 3.95. The highest BCUT2D eigenvalue weighted by atomic mass is 35.5. The van der Waals surface area contributed by atoms with Gasteiger partial charge in [-0.25, -0.2) is 4.39 Å². The second kappa shape index (κ2) is 6.96. The topological polar surface area (TPSA) is 55.4 Å².